The van der Waals surface area contributed by atoms with Gasteiger partial charge >= 0.3 is 0 Å². The van der Waals surface area contributed by atoms with Gasteiger partial charge in [-0.05, 0) is 60.7 Å². The normalized spacial score (nSPS) is 11.2. The summed E-state index contributed by atoms with van der Waals surface area (Å²) in [4.78, 5) is 19.7. The number of H-pyrrole nitrogens is 1. The molecule has 0 aliphatic rings. The molecule has 0 aliphatic carbocycles. The maximum atomic E-state index is 12.3. The Morgan fingerprint density at radius 2 is 2.00 bits per heavy atom. The number of nitrogens with zero attached hydrogens (tertiary/aromatic N) is 3. The molecular formula is C25H25N5OS. The summed E-state index contributed by atoms with van der Waals surface area (Å²) in [6.07, 6.45) is 6.12. The Morgan fingerprint density at radius 1 is 1.09 bits per heavy atom. The Labute approximate surface area is 191 Å². The number of thioether (sulfide) groups is 1. The number of amides is 1. The minimum absolute atomic E-state index is 0.0120. The van der Waals surface area contributed by atoms with Crippen LogP contribution in [0, 0.1) is 0 Å². The molecule has 6 nitrogen and oxygen atoms in total. The Bertz CT molecular complexity index is 1230. The molecule has 0 saturated carbocycles. The first-order chi connectivity index (χ1) is 15.6. The van der Waals surface area contributed by atoms with Gasteiger partial charge in [-0.25, -0.2) is 0 Å². The molecule has 162 valence electrons. The van der Waals surface area contributed by atoms with Gasteiger partial charge < -0.3 is 10.2 Å². The Kier molecular flexibility index (Phi) is 6.87. The summed E-state index contributed by atoms with van der Waals surface area (Å²) in [5.74, 6) is 0.712. The Hall–Kier alpha value is -3.58. The van der Waals surface area contributed by atoms with Gasteiger partial charge in [0.05, 0.1) is 16.9 Å². The van der Waals surface area contributed by atoms with E-state index in [0.717, 1.165) is 38.6 Å². The number of nitrogens with one attached hydrogen (secondary N) is 2. The fraction of sp³-hybridized carbons (Fsp3) is 0.160. The van der Waals surface area contributed by atoms with E-state index in [1.54, 1.807) is 18.0 Å². The number of benzene rings is 2. The molecule has 2 heterocycles. The smallest absolute Gasteiger partial charge is 0.225 e. The number of pyridine rings is 1. The number of rotatable bonds is 8. The van der Waals surface area contributed by atoms with Gasteiger partial charge in [0.15, 0.2) is 0 Å². The highest BCUT2D eigenvalue weighted by Gasteiger charge is 2.07. The van der Waals surface area contributed by atoms with Crippen molar-refractivity contribution < 1.29 is 4.79 Å². The van der Waals surface area contributed by atoms with E-state index in [1.807, 2.05) is 73.6 Å². The van der Waals surface area contributed by atoms with Crippen molar-refractivity contribution in [2.75, 3.05) is 30.1 Å². The lowest BCUT2D eigenvalue weighted by molar-refractivity contribution is -0.115. The van der Waals surface area contributed by atoms with Gasteiger partial charge in [-0.2, -0.15) is 5.10 Å². The van der Waals surface area contributed by atoms with E-state index in [9.17, 15) is 4.79 Å². The predicted molar refractivity (Wildman–Crippen MR) is 134 cm³/mol. The number of aromatic amines is 1. The van der Waals surface area contributed by atoms with E-state index < -0.39 is 0 Å². The predicted octanol–water partition coefficient (Wildman–Crippen LogP) is 5.32. The maximum Gasteiger partial charge on any atom is 0.225 e. The highest BCUT2D eigenvalue weighted by Crippen LogP contribution is 2.26. The van der Waals surface area contributed by atoms with Gasteiger partial charge in [0.25, 0.3) is 0 Å². The van der Waals surface area contributed by atoms with Crippen molar-refractivity contribution in [3.05, 3.63) is 78.2 Å². The lowest BCUT2D eigenvalue weighted by Gasteiger charge is -2.14. The van der Waals surface area contributed by atoms with Gasteiger partial charge in [-0.15, -0.1) is 11.8 Å². The van der Waals surface area contributed by atoms with Crippen LogP contribution in [0.2, 0.25) is 0 Å². The molecule has 1 amide bonds. The van der Waals surface area contributed by atoms with Crippen molar-refractivity contribution in [2.45, 2.75) is 11.3 Å². The maximum absolute atomic E-state index is 12.3. The van der Waals surface area contributed by atoms with Crippen LogP contribution < -0.4 is 10.2 Å². The molecule has 7 heteroatoms. The topological polar surface area (TPSA) is 73.9 Å². The molecule has 0 aliphatic heterocycles. The number of hydrogen-bond acceptors (Lipinski definition) is 5. The van der Waals surface area contributed by atoms with Gasteiger partial charge in [0, 0.05) is 54.1 Å². The second kappa shape index (κ2) is 10.2. The highest BCUT2D eigenvalue weighted by atomic mass is 32.2. The molecular weight excluding hydrogens is 418 g/mol. The SMILES string of the molecule is CN(C)c1cccc(NC(=O)CCSc2ccc3c(C=Cc4ccccn4)n[nH]c3c2)c1. The standard InChI is InChI=1S/C25H25N5OS/c1-30(2)20-8-5-7-19(16-20)27-25(31)13-15-32-21-10-11-22-23(28-29-24(22)17-21)12-9-18-6-3-4-14-26-18/h3-12,14,16-17H,13,15H2,1-2H3,(H,27,31)(H,28,29). The molecule has 4 aromatic rings. The molecule has 2 aromatic heterocycles. The van der Waals surface area contributed by atoms with Crippen molar-refractivity contribution in [1.29, 1.82) is 0 Å². The molecule has 2 N–H and O–H groups in total. The molecule has 0 radical (unpaired) electrons. The lowest BCUT2D eigenvalue weighted by Crippen LogP contribution is -2.13. The average Bonchev–Trinajstić information content (AvgIpc) is 3.21. The number of aromatic nitrogens is 3. The fourth-order valence-corrected chi connectivity index (χ4v) is 4.11. The third kappa shape index (κ3) is 5.56. The van der Waals surface area contributed by atoms with Crippen LogP contribution in [-0.4, -0.2) is 40.9 Å². The first kappa shape index (κ1) is 21.6. The van der Waals surface area contributed by atoms with Crippen molar-refractivity contribution in [3.63, 3.8) is 0 Å². The Morgan fingerprint density at radius 3 is 2.81 bits per heavy atom. The molecule has 0 unspecified atom stereocenters. The summed E-state index contributed by atoms with van der Waals surface area (Å²) in [6, 6.07) is 19.8. The molecule has 0 atom stereocenters. The van der Waals surface area contributed by atoms with E-state index in [-0.39, 0.29) is 5.91 Å². The third-order valence-corrected chi connectivity index (χ3v) is 5.90. The van der Waals surface area contributed by atoms with Crippen molar-refractivity contribution >= 4 is 52.1 Å². The van der Waals surface area contributed by atoms with Crippen LogP contribution in [0.25, 0.3) is 23.1 Å². The summed E-state index contributed by atoms with van der Waals surface area (Å²) in [5, 5.41) is 11.5. The van der Waals surface area contributed by atoms with Gasteiger partial charge in [0.2, 0.25) is 5.91 Å². The van der Waals surface area contributed by atoms with E-state index >= 15 is 0 Å². The van der Waals surface area contributed by atoms with Crippen LogP contribution in [0.4, 0.5) is 11.4 Å². The van der Waals surface area contributed by atoms with E-state index in [2.05, 4.69) is 38.7 Å². The molecule has 32 heavy (non-hydrogen) atoms. The molecule has 0 bridgehead atoms. The van der Waals surface area contributed by atoms with Crippen LogP contribution >= 0.6 is 11.8 Å². The van der Waals surface area contributed by atoms with Gasteiger partial charge in [-0.1, -0.05) is 12.1 Å². The number of anilines is 2. The Balaban J connectivity index is 1.32. The fourth-order valence-electron chi connectivity index (χ4n) is 3.22. The highest BCUT2D eigenvalue weighted by molar-refractivity contribution is 7.99. The quantitative estimate of drug-likeness (QED) is 0.361. The van der Waals surface area contributed by atoms with E-state index in [0.29, 0.717) is 12.2 Å². The number of carbonyl (C=O) groups excluding carboxylic acids is 1. The van der Waals surface area contributed by atoms with Crippen molar-refractivity contribution in [3.8, 4) is 0 Å². The van der Waals surface area contributed by atoms with E-state index in [4.69, 9.17) is 0 Å². The second-order valence-corrected chi connectivity index (χ2v) is 8.66. The molecule has 2 aromatic carbocycles. The first-order valence-corrected chi connectivity index (χ1v) is 11.3. The van der Waals surface area contributed by atoms with Gasteiger partial charge in [0.1, 0.15) is 0 Å². The number of fused-ring (bicyclic) bond motifs is 1. The summed E-state index contributed by atoms with van der Waals surface area (Å²) < 4.78 is 0. The molecule has 0 saturated heterocycles. The number of hydrogen-bond donors (Lipinski definition) is 2. The van der Waals surface area contributed by atoms with Crippen LogP contribution in [0.15, 0.2) is 71.8 Å². The summed E-state index contributed by atoms with van der Waals surface area (Å²) in [7, 11) is 3.96. The number of carbonyl (C=O) groups is 1. The van der Waals surface area contributed by atoms with E-state index in [1.165, 1.54) is 0 Å². The first-order valence-electron chi connectivity index (χ1n) is 10.4. The minimum atomic E-state index is 0.0120. The van der Waals surface area contributed by atoms with Gasteiger partial charge in [-0.3, -0.25) is 14.9 Å². The van der Waals surface area contributed by atoms with Crippen LogP contribution in [0.3, 0.4) is 0 Å². The summed E-state index contributed by atoms with van der Waals surface area (Å²) >= 11 is 1.66. The second-order valence-electron chi connectivity index (χ2n) is 7.50. The lowest BCUT2D eigenvalue weighted by atomic mass is 10.2. The third-order valence-electron chi connectivity index (χ3n) is 4.91. The average molecular weight is 444 g/mol. The van der Waals surface area contributed by atoms with Crippen molar-refractivity contribution in [1.82, 2.24) is 15.2 Å². The van der Waals surface area contributed by atoms with Crippen LogP contribution in [-0.2, 0) is 4.79 Å². The monoisotopic (exact) mass is 443 g/mol. The molecule has 0 spiro atoms. The van der Waals surface area contributed by atoms with Crippen molar-refractivity contribution in [2.24, 2.45) is 0 Å². The summed E-state index contributed by atoms with van der Waals surface area (Å²) in [6.45, 7) is 0. The molecule has 0 fully saturated rings. The summed E-state index contributed by atoms with van der Waals surface area (Å²) in [5.41, 5.74) is 4.61. The largest absolute Gasteiger partial charge is 0.378 e. The zero-order valence-electron chi connectivity index (χ0n) is 18.1. The zero-order valence-corrected chi connectivity index (χ0v) is 18.9. The minimum Gasteiger partial charge on any atom is -0.378 e. The zero-order chi connectivity index (χ0) is 22.3. The van der Waals surface area contributed by atoms with Crippen LogP contribution in [0.5, 0.6) is 0 Å². The molecule has 4 rings (SSSR count). The van der Waals surface area contributed by atoms with Crippen LogP contribution in [0.1, 0.15) is 17.8 Å².